The first-order valence-corrected chi connectivity index (χ1v) is 9.27. The van der Waals surface area contributed by atoms with Crippen LogP contribution in [0.4, 0.5) is 23.7 Å². The molecule has 2 amide bonds. The molecule has 0 radical (unpaired) electrons. The van der Waals surface area contributed by atoms with Crippen LogP contribution in [0.2, 0.25) is 0 Å². The maximum absolute atomic E-state index is 12.2. The van der Waals surface area contributed by atoms with Crippen molar-refractivity contribution in [2.45, 2.75) is 12.6 Å². The largest absolute Gasteiger partial charge is 0.481 e. The van der Waals surface area contributed by atoms with Gasteiger partial charge >= 0.3 is 18.2 Å². The number of carboxylic acids is 1. The lowest BCUT2D eigenvalue weighted by Crippen LogP contribution is -2.36. The van der Waals surface area contributed by atoms with Crippen molar-refractivity contribution in [3.05, 3.63) is 54.4 Å². The second kappa shape index (κ2) is 9.81. The molecular formula is C20H18F3N5O4. The number of carbonyl (C=O) groups excluding carboxylic acids is 1. The minimum atomic E-state index is -4.50. The molecule has 0 aliphatic carbocycles. The van der Waals surface area contributed by atoms with Crippen LogP contribution in [0.5, 0.6) is 0 Å². The standard InChI is InChI=1S/C20H18F3N5O4/c21-20(22,23)12-25-19(31)27-15-3-1-2-14(9-15)16-11-24-17-8-13(4-6-28(16)17)10-26-32-7-5-18(29)30/h1-4,6,8-11H,5,7,12H2,(H,29,30)(H2,25,27,31)/b26-10+. The Balaban J connectivity index is 1.70. The van der Waals surface area contributed by atoms with E-state index in [2.05, 4.69) is 15.5 Å². The van der Waals surface area contributed by atoms with Gasteiger partial charge in [0, 0.05) is 23.0 Å². The number of amides is 2. The highest BCUT2D eigenvalue weighted by Crippen LogP contribution is 2.24. The third-order valence-corrected chi connectivity index (χ3v) is 4.09. The monoisotopic (exact) mass is 449 g/mol. The van der Waals surface area contributed by atoms with E-state index in [1.54, 1.807) is 58.5 Å². The predicted molar refractivity (Wildman–Crippen MR) is 110 cm³/mol. The number of hydrogen-bond donors (Lipinski definition) is 3. The fraction of sp³-hybridized carbons (Fsp3) is 0.200. The van der Waals surface area contributed by atoms with Gasteiger partial charge < -0.3 is 20.6 Å². The second-order valence-corrected chi connectivity index (χ2v) is 6.55. The molecule has 0 atom stereocenters. The minimum absolute atomic E-state index is 0.0415. The summed E-state index contributed by atoms with van der Waals surface area (Å²) in [4.78, 5) is 31.3. The SMILES string of the molecule is O=C(O)CCO/N=C/c1ccn2c(-c3cccc(NC(=O)NCC(F)(F)F)c3)cnc2c1. The number of benzene rings is 1. The number of anilines is 1. The van der Waals surface area contributed by atoms with Crippen LogP contribution >= 0.6 is 0 Å². The first-order valence-electron chi connectivity index (χ1n) is 9.27. The van der Waals surface area contributed by atoms with E-state index in [1.807, 2.05) is 0 Å². The van der Waals surface area contributed by atoms with E-state index in [4.69, 9.17) is 9.94 Å². The van der Waals surface area contributed by atoms with Gasteiger partial charge in [0.05, 0.1) is 24.5 Å². The zero-order chi connectivity index (χ0) is 23.1. The Labute approximate surface area is 179 Å². The van der Waals surface area contributed by atoms with E-state index in [1.165, 1.54) is 6.21 Å². The number of aromatic nitrogens is 2. The molecular weight excluding hydrogens is 431 g/mol. The van der Waals surface area contributed by atoms with Crippen molar-refractivity contribution in [1.82, 2.24) is 14.7 Å². The van der Waals surface area contributed by atoms with Crippen LogP contribution in [0.25, 0.3) is 16.9 Å². The van der Waals surface area contributed by atoms with Gasteiger partial charge in [-0.05, 0) is 24.3 Å². The van der Waals surface area contributed by atoms with Gasteiger partial charge in [0.1, 0.15) is 18.8 Å². The van der Waals surface area contributed by atoms with E-state index in [0.29, 0.717) is 28.2 Å². The molecule has 1 aromatic carbocycles. The highest BCUT2D eigenvalue weighted by atomic mass is 19.4. The van der Waals surface area contributed by atoms with Gasteiger partial charge in [0.2, 0.25) is 0 Å². The Morgan fingerprint density at radius 2 is 2.06 bits per heavy atom. The molecule has 32 heavy (non-hydrogen) atoms. The summed E-state index contributed by atoms with van der Waals surface area (Å²) in [5.41, 5.74) is 2.97. The van der Waals surface area contributed by atoms with Crippen LogP contribution in [0.15, 0.2) is 53.9 Å². The number of hydrogen-bond acceptors (Lipinski definition) is 5. The molecule has 0 unspecified atom stereocenters. The Kier molecular flexibility index (Phi) is 6.93. The number of rotatable bonds is 8. The number of fused-ring (bicyclic) bond motifs is 1. The summed E-state index contributed by atoms with van der Waals surface area (Å²) < 4.78 is 38.5. The molecule has 0 spiro atoms. The lowest BCUT2D eigenvalue weighted by atomic mass is 10.1. The van der Waals surface area contributed by atoms with Gasteiger partial charge in [-0.1, -0.05) is 17.3 Å². The number of nitrogens with one attached hydrogen (secondary N) is 2. The van der Waals surface area contributed by atoms with Crippen molar-refractivity contribution >= 4 is 29.5 Å². The molecule has 3 N–H and O–H groups in total. The molecule has 0 saturated heterocycles. The number of carbonyl (C=O) groups is 2. The highest BCUT2D eigenvalue weighted by molar-refractivity contribution is 5.90. The average molecular weight is 449 g/mol. The number of alkyl halides is 3. The third-order valence-electron chi connectivity index (χ3n) is 4.09. The molecule has 2 heterocycles. The number of imidazole rings is 1. The summed E-state index contributed by atoms with van der Waals surface area (Å²) >= 11 is 0. The Morgan fingerprint density at radius 3 is 2.81 bits per heavy atom. The van der Waals surface area contributed by atoms with Crippen LogP contribution in [0.1, 0.15) is 12.0 Å². The van der Waals surface area contributed by atoms with Crippen LogP contribution in [0, 0.1) is 0 Å². The van der Waals surface area contributed by atoms with E-state index in [-0.39, 0.29) is 13.0 Å². The van der Waals surface area contributed by atoms with Crippen LogP contribution in [-0.2, 0) is 9.63 Å². The predicted octanol–water partition coefficient (Wildman–Crippen LogP) is 3.51. The molecule has 3 rings (SSSR count). The third kappa shape index (κ3) is 6.45. The van der Waals surface area contributed by atoms with Gasteiger partial charge in [-0.3, -0.25) is 9.20 Å². The second-order valence-electron chi connectivity index (χ2n) is 6.55. The van der Waals surface area contributed by atoms with Crippen molar-refractivity contribution in [2.75, 3.05) is 18.5 Å². The van der Waals surface area contributed by atoms with Crippen molar-refractivity contribution in [1.29, 1.82) is 0 Å². The first kappa shape index (κ1) is 22.6. The molecule has 0 bridgehead atoms. The average Bonchev–Trinajstić information content (AvgIpc) is 3.15. The Bertz CT molecular complexity index is 1140. The van der Waals surface area contributed by atoms with Gasteiger partial charge in [-0.15, -0.1) is 0 Å². The lowest BCUT2D eigenvalue weighted by Gasteiger charge is -2.10. The van der Waals surface area contributed by atoms with E-state index >= 15 is 0 Å². The number of halogens is 3. The molecule has 0 saturated carbocycles. The van der Waals surface area contributed by atoms with Crippen molar-refractivity contribution in [3.8, 4) is 11.3 Å². The molecule has 0 aliphatic rings. The molecule has 3 aromatic rings. The van der Waals surface area contributed by atoms with Crippen LogP contribution in [-0.4, -0.2) is 52.0 Å². The Morgan fingerprint density at radius 1 is 1.25 bits per heavy atom. The van der Waals surface area contributed by atoms with Crippen LogP contribution in [0.3, 0.4) is 0 Å². The molecule has 12 heteroatoms. The minimum Gasteiger partial charge on any atom is -0.481 e. The maximum atomic E-state index is 12.2. The van der Waals surface area contributed by atoms with Gasteiger partial charge in [-0.25, -0.2) is 9.78 Å². The number of urea groups is 1. The van der Waals surface area contributed by atoms with Crippen LogP contribution < -0.4 is 10.6 Å². The van der Waals surface area contributed by atoms with E-state index < -0.39 is 24.7 Å². The highest BCUT2D eigenvalue weighted by Gasteiger charge is 2.27. The number of aliphatic carboxylic acids is 1. The van der Waals surface area contributed by atoms with Gasteiger partial charge in [0.25, 0.3) is 0 Å². The fourth-order valence-corrected chi connectivity index (χ4v) is 2.69. The molecule has 9 nitrogen and oxygen atoms in total. The molecule has 168 valence electrons. The zero-order valence-corrected chi connectivity index (χ0v) is 16.5. The van der Waals surface area contributed by atoms with E-state index in [0.717, 1.165) is 0 Å². The summed E-state index contributed by atoms with van der Waals surface area (Å²) in [5.74, 6) is -0.979. The number of carboxylic acid groups (broad SMARTS) is 1. The van der Waals surface area contributed by atoms with Gasteiger partial charge in [0.15, 0.2) is 0 Å². The number of pyridine rings is 1. The quantitative estimate of drug-likeness (QED) is 0.276. The van der Waals surface area contributed by atoms with Crippen molar-refractivity contribution in [2.24, 2.45) is 5.16 Å². The maximum Gasteiger partial charge on any atom is 0.405 e. The number of oxime groups is 1. The molecule has 0 fully saturated rings. The summed E-state index contributed by atoms with van der Waals surface area (Å²) in [6.07, 6.45) is 0.136. The molecule has 2 aromatic heterocycles. The molecule has 0 aliphatic heterocycles. The van der Waals surface area contributed by atoms with Crippen molar-refractivity contribution in [3.63, 3.8) is 0 Å². The van der Waals surface area contributed by atoms with E-state index in [9.17, 15) is 22.8 Å². The summed E-state index contributed by atoms with van der Waals surface area (Å²) in [5, 5.41) is 16.4. The first-order chi connectivity index (χ1) is 15.2. The smallest absolute Gasteiger partial charge is 0.405 e. The number of nitrogens with zero attached hydrogens (tertiary/aromatic N) is 3. The summed E-state index contributed by atoms with van der Waals surface area (Å²) in [6.45, 7) is -1.47. The normalized spacial score (nSPS) is 11.6. The summed E-state index contributed by atoms with van der Waals surface area (Å²) in [7, 11) is 0. The zero-order valence-electron chi connectivity index (χ0n) is 16.5. The fourth-order valence-electron chi connectivity index (χ4n) is 2.69. The lowest BCUT2D eigenvalue weighted by molar-refractivity contribution is -0.138. The summed E-state index contributed by atoms with van der Waals surface area (Å²) in [6, 6.07) is 9.11. The Hall–Kier alpha value is -4.09. The van der Waals surface area contributed by atoms with Gasteiger partial charge in [-0.2, -0.15) is 13.2 Å². The topological polar surface area (TPSA) is 117 Å². The van der Waals surface area contributed by atoms with Crippen molar-refractivity contribution < 1.29 is 32.7 Å².